The van der Waals surface area contributed by atoms with Crippen molar-refractivity contribution in [3.8, 4) is 0 Å². The zero-order valence-corrected chi connectivity index (χ0v) is 7.99. The first kappa shape index (κ1) is 10.7. The van der Waals surface area contributed by atoms with Crippen LogP contribution in [0.5, 0.6) is 0 Å². The first-order valence-electron chi connectivity index (χ1n) is 3.90. The van der Waals surface area contributed by atoms with Gasteiger partial charge in [-0.15, -0.1) is 0 Å². The second-order valence-electron chi connectivity index (χ2n) is 2.70. The zero-order chi connectivity index (χ0) is 10.7. The van der Waals surface area contributed by atoms with E-state index in [4.69, 9.17) is 22.4 Å². The topological polar surface area (TPSA) is 89.4 Å². The van der Waals surface area contributed by atoms with Gasteiger partial charge in [0.25, 0.3) is 5.69 Å². The van der Waals surface area contributed by atoms with Gasteiger partial charge in [-0.2, -0.15) is 0 Å². The normalized spacial score (nSPS) is 10.1. The Labute approximate surface area is 85.3 Å². The summed E-state index contributed by atoms with van der Waals surface area (Å²) >= 11 is 5.78. The van der Waals surface area contributed by atoms with Crippen LogP contribution in [-0.2, 0) is 6.42 Å². The zero-order valence-electron chi connectivity index (χ0n) is 7.24. The number of halogens is 1. The smallest absolute Gasteiger partial charge is 0.293 e. The number of rotatable bonds is 3. The molecule has 0 heterocycles. The SMILES string of the molecule is Nc1c([N+](=O)[O-])ccc(CCO)c1Cl. The van der Waals surface area contributed by atoms with E-state index >= 15 is 0 Å². The van der Waals surface area contributed by atoms with Crippen molar-refractivity contribution in [3.05, 3.63) is 32.8 Å². The highest BCUT2D eigenvalue weighted by Crippen LogP contribution is 2.32. The number of aliphatic hydroxyl groups excluding tert-OH is 1. The number of nitrogens with zero attached hydrogens (tertiary/aromatic N) is 1. The molecule has 1 aromatic rings. The van der Waals surface area contributed by atoms with Crippen molar-refractivity contribution in [1.82, 2.24) is 0 Å². The monoisotopic (exact) mass is 216 g/mol. The van der Waals surface area contributed by atoms with Crippen molar-refractivity contribution in [1.29, 1.82) is 0 Å². The molecule has 1 rings (SSSR count). The summed E-state index contributed by atoms with van der Waals surface area (Å²) in [5.41, 5.74) is 5.80. The van der Waals surface area contributed by atoms with Crippen molar-refractivity contribution in [2.24, 2.45) is 0 Å². The number of aliphatic hydroxyl groups is 1. The fraction of sp³-hybridized carbons (Fsp3) is 0.250. The fourth-order valence-electron chi connectivity index (χ4n) is 1.10. The Morgan fingerprint density at radius 3 is 2.71 bits per heavy atom. The molecule has 0 radical (unpaired) electrons. The van der Waals surface area contributed by atoms with E-state index in [1.807, 2.05) is 0 Å². The number of hydrogen-bond acceptors (Lipinski definition) is 4. The lowest BCUT2D eigenvalue weighted by Gasteiger charge is -2.05. The van der Waals surface area contributed by atoms with Gasteiger partial charge in [-0.3, -0.25) is 10.1 Å². The summed E-state index contributed by atoms with van der Waals surface area (Å²) in [6.07, 6.45) is 0.334. The molecule has 0 aliphatic heterocycles. The van der Waals surface area contributed by atoms with Crippen LogP contribution in [-0.4, -0.2) is 16.6 Å². The van der Waals surface area contributed by atoms with Gasteiger partial charge in [0.05, 0.1) is 9.95 Å². The van der Waals surface area contributed by atoms with E-state index < -0.39 is 4.92 Å². The van der Waals surface area contributed by atoms with E-state index in [-0.39, 0.29) is 23.0 Å². The molecule has 14 heavy (non-hydrogen) atoms. The Balaban J connectivity index is 3.19. The molecule has 0 atom stereocenters. The minimum Gasteiger partial charge on any atom is -0.396 e. The molecule has 0 spiro atoms. The molecule has 1 aromatic carbocycles. The van der Waals surface area contributed by atoms with Crippen LogP contribution < -0.4 is 5.73 Å². The van der Waals surface area contributed by atoms with Gasteiger partial charge in [-0.1, -0.05) is 17.7 Å². The number of nitrogens with two attached hydrogens (primary N) is 1. The van der Waals surface area contributed by atoms with Gasteiger partial charge in [0.2, 0.25) is 0 Å². The maximum absolute atomic E-state index is 10.5. The van der Waals surface area contributed by atoms with Crippen molar-refractivity contribution in [2.45, 2.75) is 6.42 Å². The largest absolute Gasteiger partial charge is 0.396 e. The van der Waals surface area contributed by atoms with Gasteiger partial charge < -0.3 is 10.8 Å². The Morgan fingerprint density at radius 2 is 2.21 bits per heavy atom. The lowest BCUT2D eigenvalue weighted by Crippen LogP contribution is -2.00. The third-order valence-corrected chi connectivity index (χ3v) is 2.26. The molecular formula is C8H9ClN2O3. The van der Waals surface area contributed by atoms with Crippen LogP contribution in [0, 0.1) is 10.1 Å². The van der Waals surface area contributed by atoms with Gasteiger partial charge in [-0.25, -0.2) is 0 Å². The van der Waals surface area contributed by atoms with E-state index in [9.17, 15) is 10.1 Å². The van der Waals surface area contributed by atoms with Crippen molar-refractivity contribution < 1.29 is 10.0 Å². The van der Waals surface area contributed by atoms with Crippen LogP contribution >= 0.6 is 11.6 Å². The lowest BCUT2D eigenvalue weighted by atomic mass is 10.1. The molecule has 0 aromatic heterocycles. The average Bonchev–Trinajstić information content (AvgIpc) is 2.13. The second kappa shape index (κ2) is 4.26. The molecule has 0 fully saturated rings. The second-order valence-corrected chi connectivity index (χ2v) is 3.08. The molecule has 3 N–H and O–H groups in total. The molecule has 0 unspecified atom stereocenters. The highest BCUT2D eigenvalue weighted by Gasteiger charge is 2.16. The van der Waals surface area contributed by atoms with Crippen LogP contribution in [0.25, 0.3) is 0 Å². The van der Waals surface area contributed by atoms with Crippen molar-refractivity contribution >= 4 is 23.0 Å². The third-order valence-electron chi connectivity index (χ3n) is 1.81. The van der Waals surface area contributed by atoms with Crippen LogP contribution in [0.15, 0.2) is 12.1 Å². The van der Waals surface area contributed by atoms with Gasteiger partial charge >= 0.3 is 0 Å². The minimum absolute atomic E-state index is 0.0531. The first-order valence-corrected chi connectivity index (χ1v) is 4.27. The molecular weight excluding hydrogens is 208 g/mol. The average molecular weight is 217 g/mol. The van der Waals surface area contributed by atoms with E-state index in [2.05, 4.69) is 0 Å². The van der Waals surface area contributed by atoms with Crippen LogP contribution in [0.2, 0.25) is 5.02 Å². The Kier molecular flexibility index (Phi) is 3.27. The summed E-state index contributed by atoms with van der Waals surface area (Å²) < 4.78 is 0. The number of anilines is 1. The summed E-state index contributed by atoms with van der Waals surface area (Å²) in [5, 5.41) is 19.3. The fourth-order valence-corrected chi connectivity index (χ4v) is 1.35. The van der Waals surface area contributed by atoms with Gasteiger partial charge in [0.15, 0.2) is 0 Å². The van der Waals surface area contributed by atoms with Crippen LogP contribution in [0.4, 0.5) is 11.4 Å². The molecule has 5 nitrogen and oxygen atoms in total. The highest BCUT2D eigenvalue weighted by atomic mass is 35.5. The molecule has 0 bridgehead atoms. The lowest BCUT2D eigenvalue weighted by molar-refractivity contribution is -0.383. The number of hydrogen-bond donors (Lipinski definition) is 2. The Bertz CT molecular complexity index is 368. The van der Waals surface area contributed by atoms with Crippen LogP contribution in [0.1, 0.15) is 5.56 Å². The quantitative estimate of drug-likeness (QED) is 0.454. The molecule has 0 aliphatic carbocycles. The number of nitrogen functional groups attached to an aromatic ring is 1. The van der Waals surface area contributed by atoms with Gasteiger partial charge in [-0.05, 0) is 12.0 Å². The van der Waals surface area contributed by atoms with E-state index in [1.165, 1.54) is 12.1 Å². The Hall–Kier alpha value is -1.33. The molecule has 6 heteroatoms. The summed E-state index contributed by atoms with van der Waals surface area (Å²) in [7, 11) is 0. The summed E-state index contributed by atoms with van der Waals surface area (Å²) in [4.78, 5) is 9.87. The summed E-state index contributed by atoms with van der Waals surface area (Å²) in [6.45, 7) is -0.0724. The number of nitro benzene ring substituents is 1. The predicted molar refractivity (Wildman–Crippen MR) is 53.3 cm³/mol. The predicted octanol–water partition coefficient (Wildman–Crippen LogP) is 1.37. The molecule has 0 amide bonds. The maximum atomic E-state index is 10.5. The summed E-state index contributed by atoms with van der Waals surface area (Å²) in [5.74, 6) is 0. The minimum atomic E-state index is -0.593. The van der Waals surface area contributed by atoms with Gasteiger partial charge in [0, 0.05) is 12.7 Å². The summed E-state index contributed by atoms with van der Waals surface area (Å²) in [6, 6.07) is 2.78. The van der Waals surface area contributed by atoms with Crippen LogP contribution in [0.3, 0.4) is 0 Å². The molecule has 0 saturated carbocycles. The van der Waals surface area contributed by atoms with E-state index in [0.717, 1.165) is 0 Å². The van der Waals surface area contributed by atoms with Crippen molar-refractivity contribution in [2.75, 3.05) is 12.3 Å². The highest BCUT2D eigenvalue weighted by molar-refractivity contribution is 6.34. The first-order chi connectivity index (χ1) is 6.57. The Morgan fingerprint density at radius 1 is 1.57 bits per heavy atom. The van der Waals surface area contributed by atoms with Gasteiger partial charge in [0.1, 0.15) is 5.69 Å². The number of benzene rings is 1. The standard InChI is InChI=1S/C8H9ClN2O3/c9-7-5(3-4-12)1-2-6(8(7)10)11(13)14/h1-2,12H,3-4,10H2. The molecule has 0 saturated heterocycles. The van der Waals surface area contributed by atoms with E-state index in [1.54, 1.807) is 0 Å². The molecule has 76 valence electrons. The van der Waals surface area contributed by atoms with Crippen molar-refractivity contribution in [3.63, 3.8) is 0 Å². The number of nitro groups is 1. The molecule has 0 aliphatic rings. The van der Waals surface area contributed by atoms with E-state index in [0.29, 0.717) is 12.0 Å². The third kappa shape index (κ3) is 1.94. The maximum Gasteiger partial charge on any atom is 0.293 e.